The standard InChI is InChI=1S/C12H17BClN/c1-3-4-8-11-13(14)15(2)12-9-6-5-7-10-12/h5-11H,3-4H2,1-2H3/b11-8+. The molecule has 1 rings (SSSR count). The molecular weight excluding hydrogens is 204 g/mol. The van der Waals surface area contributed by atoms with Crippen LogP contribution in [0, 0.1) is 0 Å². The number of nitrogens with zero attached hydrogens (tertiary/aromatic N) is 1. The van der Waals surface area contributed by atoms with Crippen molar-refractivity contribution in [2.45, 2.75) is 19.8 Å². The summed E-state index contributed by atoms with van der Waals surface area (Å²) in [7, 11) is 2.00. The van der Waals surface area contributed by atoms with Crippen LogP contribution in [0.1, 0.15) is 19.8 Å². The molecule has 80 valence electrons. The maximum atomic E-state index is 6.24. The Bertz CT molecular complexity index is 300. The van der Waals surface area contributed by atoms with Gasteiger partial charge in [0.2, 0.25) is 0 Å². The van der Waals surface area contributed by atoms with Crippen LogP contribution in [0.5, 0.6) is 0 Å². The normalized spacial score (nSPS) is 10.6. The van der Waals surface area contributed by atoms with Gasteiger partial charge in [0.25, 0.3) is 0 Å². The van der Waals surface area contributed by atoms with E-state index in [9.17, 15) is 0 Å². The molecule has 0 aromatic heterocycles. The Morgan fingerprint density at radius 3 is 2.60 bits per heavy atom. The first-order valence-corrected chi connectivity index (χ1v) is 5.78. The predicted molar refractivity (Wildman–Crippen MR) is 70.5 cm³/mol. The average Bonchev–Trinajstić information content (AvgIpc) is 2.29. The fourth-order valence-electron chi connectivity index (χ4n) is 1.31. The summed E-state index contributed by atoms with van der Waals surface area (Å²) in [6.07, 6.45) is 4.32. The van der Waals surface area contributed by atoms with E-state index < -0.39 is 0 Å². The molecule has 0 atom stereocenters. The number of unbranched alkanes of at least 4 members (excludes halogenated alkanes) is 1. The van der Waals surface area contributed by atoms with Gasteiger partial charge >= 0.3 is 6.26 Å². The molecule has 0 unspecified atom stereocenters. The second-order valence-electron chi connectivity index (χ2n) is 3.54. The monoisotopic (exact) mass is 221 g/mol. The van der Waals surface area contributed by atoms with Crippen molar-refractivity contribution in [2.75, 3.05) is 11.9 Å². The summed E-state index contributed by atoms with van der Waals surface area (Å²) in [5, 5.41) is 0. The number of hydrogen-bond acceptors (Lipinski definition) is 1. The predicted octanol–water partition coefficient (Wildman–Crippen LogP) is 3.75. The van der Waals surface area contributed by atoms with E-state index in [-0.39, 0.29) is 6.26 Å². The minimum absolute atomic E-state index is 0.0704. The lowest BCUT2D eigenvalue weighted by atomic mass is 9.88. The van der Waals surface area contributed by atoms with Gasteiger partial charge in [0, 0.05) is 5.69 Å². The molecule has 1 nitrogen and oxygen atoms in total. The van der Waals surface area contributed by atoms with Crippen molar-refractivity contribution in [3.63, 3.8) is 0 Å². The van der Waals surface area contributed by atoms with E-state index >= 15 is 0 Å². The zero-order chi connectivity index (χ0) is 11.1. The van der Waals surface area contributed by atoms with Crippen molar-refractivity contribution in [1.82, 2.24) is 0 Å². The van der Waals surface area contributed by atoms with Crippen LogP contribution in [0.15, 0.2) is 42.4 Å². The summed E-state index contributed by atoms with van der Waals surface area (Å²) in [5.41, 5.74) is 1.14. The summed E-state index contributed by atoms with van der Waals surface area (Å²) < 4.78 is 0. The number of halogens is 1. The SMILES string of the molecule is CCC/C=C/B(Cl)N(C)c1ccccc1. The lowest BCUT2D eigenvalue weighted by Crippen LogP contribution is -2.29. The lowest BCUT2D eigenvalue weighted by Gasteiger charge is -2.20. The number of allylic oxidation sites excluding steroid dienone is 1. The molecule has 0 amide bonds. The fourth-order valence-corrected chi connectivity index (χ4v) is 1.53. The van der Waals surface area contributed by atoms with E-state index in [0.717, 1.165) is 18.5 Å². The molecule has 1 aromatic rings. The van der Waals surface area contributed by atoms with E-state index in [1.54, 1.807) is 0 Å². The Labute approximate surface area is 97.8 Å². The minimum Gasteiger partial charge on any atom is -0.401 e. The summed E-state index contributed by atoms with van der Waals surface area (Å²) in [5.74, 6) is 2.04. The van der Waals surface area contributed by atoms with Gasteiger partial charge in [-0.25, -0.2) is 0 Å². The van der Waals surface area contributed by atoms with Crippen molar-refractivity contribution in [2.24, 2.45) is 0 Å². The molecule has 0 bridgehead atoms. The van der Waals surface area contributed by atoms with Gasteiger partial charge in [-0.15, -0.1) is 0 Å². The van der Waals surface area contributed by atoms with Crippen LogP contribution in [0.2, 0.25) is 0 Å². The summed E-state index contributed by atoms with van der Waals surface area (Å²) in [4.78, 5) is 2.05. The molecule has 1 aromatic carbocycles. The average molecular weight is 222 g/mol. The zero-order valence-corrected chi connectivity index (χ0v) is 10.1. The summed E-state index contributed by atoms with van der Waals surface area (Å²) in [6.45, 7) is 2.16. The van der Waals surface area contributed by atoms with E-state index in [2.05, 4.69) is 25.1 Å². The van der Waals surface area contributed by atoms with Crippen LogP contribution in [-0.2, 0) is 0 Å². The van der Waals surface area contributed by atoms with Crippen molar-refractivity contribution < 1.29 is 0 Å². The van der Waals surface area contributed by atoms with Crippen molar-refractivity contribution in [3.05, 3.63) is 42.4 Å². The second-order valence-corrected chi connectivity index (χ2v) is 3.98. The van der Waals surface area contributed by atoms with Crippen LogP contribution in [-0.4, -0.2) is 13.3 Å². The van der Waals surface area contributed by atoms with Gasteiger partial charge in [-0.3, -0.25) is 0 Å². The van der Waals surface area contributed by atoms with Gasteiger partial charge in [-0.2, -0.15) is 11.5 Å². The molecule has 0 N–H and O–H groups in total. The molecule has 15 heavy (non-hydrogen) atoms. The first-order chi connectivity index (χ1) is 7.25. The zero-order valence-electron chi connectivity index (χ0n) is 9.36. The molecule has 0 aliphatic heterocycles. The Balaban J connectivity index is 2.57. The molecular formula is C12H17BClN. The van der Waals surface area contributed by atoms with Gasteiger partial charge in [-0.1, -0.05) is 43.6 Å². The fraction of sp³-hybridized carbons (Fsp3) is 0.333. The van der Waals surface area contributed by atoms with E-state index in [1.807, 2.05) is 36.0 Å². The topological polar surface area (TPSA) is 3.24 Å². The Kier molecular flexibility index (Phi) is 5.34. The molecule has 0 heterocycles. The van der Waals surface area contributed by atoms with Crippen LogP contribution in [0.4, 0.5) is 5.69 Å². The van der Waals surface area contributed by atoms with Gasteiger partial charge in [-0.05, 0) is 25.6 Å². The number of hydrogen-bond donors (Lipinski definition) is 0. The van der Waals surface area contributed by atoms with Gasteiger partial charge < -0.3 is 4.81 Å². The first-order valence-electron chi connectivity index (χ1n) is 5.34. The van der Waals surface area contributed by atoms with Crippen molar-refractivity contribution in [1.29, 1.82) is 0 Å². The lowest BCUT2D eigenvalue weighted by molar-refractivity contribution is 0.960. The molecule has 0 saturated carbocycles. The van der Waals surface area contributed by atoms with Crippen molar-refractivity contribution >= 4 is 23.4 Å². The first kappa shape index (κ1) is 12.2. The highest BCUT2D eigenvalue weighted by Crippen LogP contribution is 2.14. The molecule has 0 fully saturated rings. The quantitative estimate of drug-likeness (QED) is 0.685. The molecule has 0 spiro atoms. The van der Waals surface area contributed by atoms with Crippen molar-refractivity contribution in [3.8, 4) is 0 Å². The van der Waals surface area contributed by atoms with Gasteiger partial charge in [0.1, 0.15) is 0 Å². The molecule has 0 saturated heterocycles. The number of rotatable bonds is 5. The second kappa shape index (κ2) is 6.57. The third-order valence-corrected chi connectivity index (χ3v) is 2.72. The minimum atomic E-state index is -0.0704. The van der Waals surface area contributed by atoms with Gasteiger partial charge in [0.15, 0.2) is 0 Å². The Morgan fingerprint density at radius 2 is 2.00 bits per heavy atom. The highest BCUT2D eigenvalue weighted by atomic mass is 35.5. The highest BCUT2D eigenvalue weighted by molar-refractivity contribution is 7.11. The Hall–Kier alpha value is -0.885. The van der Waals surface area contributed by atoms with Crippen LogP contribution < -0.4 is 4.81 Å². The number of benzene rings is 1. The van der Waals surface area contributed by atoms with Gasteiger partial charge in [0.05, 0.1) is 0 Å². The van der Waals surface area contributed by atoms with E-state index in [4.69, 9.17) is 11.5 Å². The summed E-state index contributed by atoms with van der Waals surface area (Å²) in [6, 6.07) is 10.2. The van der Waals surface area contributed by atoms with Crippen LogP contribution in [0.25, 0.3) is 0 Å². The number of para-hydroxylation sites is 1. The smallest absolute Gasteiger partial charge is 0.387 e. The molecule has 3 heteroatoms. The molecule has 0 radical (unpaired) electrons. The maximum absolute atomic E-state index is 6.24. The summed E-state index contributed by atoms with van der Waals surface area (Å²) >= 11 is 6.24. The third-order valence-electron chi connectivity index (χ3n) is 2.28. The van der Waals surface area contributed by atoms with E-state index in [1.165, 1.54) is 0 Å². The highest BCUT2D eigenvalue weighted by Gasteiger charge is 2.13. The number of anilines is 1. The van der Waals surface area contributed by atoms with E-state index in [0.29, 0.717) is 0 Å². The maximum Gasteiger partial charge on any atom is 0.387 e. The molecule has 0 aliphatic carbocycles. The third kappa shape index (κ3) is 4.00. The Morgan fingerprint density at radius 1 is 1.33 bits per heavy atom. The van der Waals surface area contributed by atoms with Crippen LogP contribution in [0.3, 0.4) is 0 Å². The largest absolute Gasteiger partial charge is 0.401 e. The van der Waals surface area contributed by atoms with Crippen LogP contribution >= 0.6 is 11.5 Å². The molecule has 0 aliphatic rings.